The van der Waals surface area contributed by atoms with Gasteiger partial charge < -0.3 is 15.0 Å². The van der Waals surface area contributed by atoms with Crippen LogP contribution in [0.5, 0.6) is 5.75 Å². The van der Waals surface area contributed by atoms with Crippen LogP contribution in [0.3, 0.4) is 0 Å². The molecule has 0 spiro atoms. The van der Waals surface area contributed by atoms with E-state index in [4.69, 9.17) is 16.3 Å². The van der Waals surface area contributed by atoms with Crippen LogP contribution in [-0.4, -0.2) is 31.2 Å². The van der Waals surface area contributed by atoms with Crippen molar-refractivity contribution >= 4 is 28.6 Å². The van der Waals surface area contributed by atoms with Gasteiger partial charge in [0.05, 0.1) is 4.88 Å². The number of halogens is 1. The number of thiazole rings is 1. The molecule has 2 aromatic rings. The van der Waals surface area contributed by atoms with Gasteiger partial charge in [-0.1, -0.05) is 11.6 Å². The summed E-state index contributed by atoms with van der Waals surface area (Å²) < 4.78 is 6.28. The van der Waals surface area contributed by atoms with Gasteiger partial charge >= 0.3 is 0 Å². The fourth-order valence-corrected chi connectivity index (χ4v) is 3.07. The van der Waals surface area contributed by atoms with Gasteiger partial charge in [-0.3, -0.25) is 0 Å². The lowest BCUT2D eigenvalue weighted by molar-refractivity contribution is 0.309. The lowest BCUT2D eigenvalue weighted by Crippen LogP contribution is -2.43. The molecule has 0 amide bonds. The second kappa shape index (κ2) is 6.43. The maximum absolute atomic E-state index is 5.79. The predicted octanol–water partition coefficient (Wildman–Crippen LogP) is 2.79. The summed E-state index contributed by atoms with van der Waals surface area (Å²) in [6, 6.07) is 8.25. The first-order valence-electron chi connectivity index (χ1n) is 6.60. The van der Waals surface area contributed by atoms with E-state index in [0.717, 1.165) is 36.8 Å². The van der Waals surface area contributed by atoms with Crippen LogP contribution in [-0.2, 0) is 6.61 Å². The van der Waals surface area contributed by atoms with Gasteiger partial charge in [0, 0.05) is 38.1 Å². The number of nitrogens with one attached hydrogen (secondary N) is 1. The summed E-state index contributed by atoms with van der Waals surface area (Å²) in [5.74, 6) is 0.869. The number of hydrogen-bond donors (Lipinski definition) is 1. The number of piperazine rings is 1. The molecule has 0 saturated carbocycles. The quantitative estimate of drug-likeness (QED) is 0.942. The van der Waals surface area contributed by atoms with Gasteiger partial charge in [0.2, 0.25) is 0 Å². The molecule has 0 aliphatic carbocycles. The van der Waals surface area contributed by atoms with Crippen LogP contribution < -0.4 is 15.0 Å². The zero-order valence-electron chi connectivity index (χ0n) is 11.0. The van der Waals surface area contributed by atoms with Crippen molar-refractivity contribution in [2.75, 3.05) is 31.1 Å². The SMILES string of the molecule is Clc1ncc(COc2ccc(N3CCNCC3)cc2)s1. The van der Waals surface area contributed by atoms with Gasteiger partial charge in [-0.15, -0.1) is 11.3 Å². The Morgan fingerprint density at radius 1 is 1.25 bits per heavy atom. The van der Waals surface area contributed by atoms with E-state index in [1.165, 1.54) is 17.0 Å². The van der Waals surface area contributed by atoms with Crippen molar-refractivity contribution in [3.8, 4) is 5.75 Å². The standard InChI is InChI=1S/C14H16ClN3OS/c15-14-17-9-13(20-14)10-19-12-3-1-11(2-4-12)18-7-5-16-6-8-18/h1-4,9,16H,5-8,10H2. The molecule has 6 heteroatoms. The predicted molar refractivity (Wildman–Crippen MR) is 83.0 cm³/mol. The molecule has 20 heavy (non-hydrogen) atoms. The van der Waals surface area contributed by atoms with E-state index in [1.54, 1.807) is 6.20 Å². The molecule has 1 saturated heterocycles. The Bertz CT molecular complexity index is 552. The van der Waals surface area contributed by atoms with Gasteiger partial charge in [-0.2, -0.15) is 0 Å². The summed E-state index contributed by atoms with van der Waals surface area (Å²) in [7, 11) is 0. The Morgan fingerprint density at radius 3 is 2.65 bits per heavy atom. The molecule has 2 heterocycles. The van der Waals surface area contributed by atoms with Crippen LogP contribution in [0.15, 0.2) is 30.5 Å². The summed E-state index contributed by atoms with van der Waals surface area (Å²) >= 11 is 7.24. The van der Waals surface area contributed by atoms with Gasteiger partial charge in [0.15, 0.2) is 4.47 Å². The minimum atomic E-state index is 0.511. The smallest absolute Gasteiger partial charge is 0.183 e. The second-order valence-corrected chi connectivity index (χ2v) is 6.30. The van der Waals surface area contributed by atoms with E-state index in [0.29, 0.717) is 11.1 Å². The summed E-state index contributed by atoms with van der Waals surface area (Å²) in [6.07, 6.45) is 1.75. The molecule has 106 valence electrons. The van der Waals surface area contributed by atoms with E-state index in [9.17, 15) is 0 Å². The minimum Gasteiger partial charge on any atom is -0.488 e. The first-order chi connectivity index (χ1) is 9.81. The zero-order valence-corrected chi connectivity index (χ0v) is 12.6. The highest BCUT2D eigenvalue weighted by molar-refractivity contribution is 7.15. The molecule has 1 fully saturated rings. The topological polar surface area (TPSA) is 37.4 Å². The number of nitrogens with zero attached hydrogens (tertiary/aromatic N) is 2. The average Bonchev–Trinajstić information content (AvgIpc) is 2.92. The van der Waals surface area contributed by atoms with Gasteiger partial charge in [-0.05, 0) is 24.3 Å². The molecule has 0 bridgehead atoms. The fourth-order valence-electron chi connectivity index (χ4n) is 2.18. The van der Waals surface area contributed by atoms with Crippen LogP contribution in [0.25, 0.3) is 0 Å². The third-order valence-electron chi connectivity index (χ3n) is 3.23. The van der Waals surface area contributed by atoms with Crippen LogP contribution in [0.2, 0.25) is 4.47 Å². The molecule has 1 N–H and O–H groups in total. The number of hydrogen-bond acceptors (Lipinski definition) is 5. The van der Waals surface area contributed by atoms with Crippen LogP contribution in [0, 0.1) is 0 Å². The van der Waals surface area contributed by atoms with Crippen molar-refractivity contribution in [3.63, 3.8) is 0 Å². The lowest BCUT2D eigenvalue weighted by Gasteiger charge is -2.29. The Hall–Kier alpha value is -1.30. The molecule has 1 aromatic heterocycles. The molecule has 0 atom stereocenters. The third kappa shape index (κ3) is 3.42. The minimum absolute atomic E-state index is 0.511. The maximum Gasteiger partial charge on any atom is 0.183 e. The Balaban J connectivity index is 1.58. The van der Waals surface area contributed by atoms with Crippen LogP contribution >= 0.6 is 22.9 Å². The normalized spacial score (nSPS) is 15.3. The number of anilines is 1. The molecule has 1 aliphatic rings. The first-order valence-corrected chi connectivity index (χ1v) is 7.79. The van der Waals surface area contributed by atoms with Gasteiger partial charge in [-0.25, -0.2) is 4.98 Å². The lowest BCUT2D eigenvalue weighted by atomic mass is 10.2. The molecule has 1 aliphatic heterocycles. The number of rotatable bonds is 4. The first kappa shape index (κ1) is 13.7. The average molecular weight is 310 g/mol. The Morgan fingerprint density at radius 2 is 2.00 bits per heavy atom. The van der Waals surface area contributed by atoms with Gasteiger partial charge in [0.25, 0.3) is 0 Å². The molecular formula is C14H16ClN3OS. The van der Waals surface area contributed by atoms with E-state index < -0.39 is 0 Å². The molecule has 0 unspecified atom stereocenters. The van der Waals surface area contributed by atoms with Crippen LogP contribution in [0.1, 0.15) is 4.88 Å². The summed E-state index contributed by atoms with van der Waals surface area (Å²) in [5, 5.41) is 3.35. The fraction of sp³-hybridized carbons (Fsp3) is 0.357. The highest BCUT2D eigenvalue weighted by Gasteiger charge is 2.10. The Kier molecular flexibility index (Phi) is 4.40. The third-order valence-corrected chi connectivity index (χ3v) is 4.31. The number of aromatic nitrogens is 1. The van der Waals surface area contributed by atoms with E-state index in [-0.39, 0.29) is 0 Å². The second-order valence-electron chi connectivity index (χ2n) is 4.60. The number of ether oxygens (including phenoxy) is 1. The maximum atomic E-state index is 5.79. The highest BCUT2D eigenvalue weighted by atomic mass is 35.5. The molecule has 4 nitrogen and oxygen atoms in total. The summed E-state index contributed by atoms with van der Waals surface area (Å²) in [6.45, 7) is 4.71. The van der Waals surface area contributed by atoms with Crippen molar-refractivity contribution in [3.05, 3.63) is 39.8 Å². The number of benzene rings is 1. The van der Waals surface area contributed by atoms with Crippen molar-refractivity contribution in [2.45, 2.75) is 6.61 Å². The molecule has 0 radical (unpaired) electrons. The highest BCUT2D eigenvalue weighted by Crippen LogP contribution is 2.22. The van der Waals surface area contributed by atoms with Crippen LogP contribution in [0.4, 0.5) is 5.69 Å². The molecule has 1 aromatic carbocycles. The van der Waals surface area contributed by atoms with E-state index in [2.05, 4.69) is 27.3 Å². The summed E-state index contributed by atoms with van der Waals surface area (Å²) in [4.78, 5) is 7.40. The van der Waals surface area contributed by atoms with Gasteiger partial charge in [0.1, 0.15) is 12.4 Å². The van der Waals surface area contributed by atoms with E-state index in [1.807, 2.05) is 12.1 Å². The Labute approximate surface area is 127 Å². The zero-order chi connectivity index (χ0) is 13.8. The molecular weight excluding hydrogens is 294 g/mol. The van der Waals surface area contributed by atoms with E-state index >= 15 is 0 Å². The largest absolute Gasteiger partial charge is 0.488 e. The van der Waals surface area contributed by atoms with Crippen molar-refractivity contribution in [2.24, 2.45) is 0 Å². The van der Waals surface area contributed by atoms with Crippen molar-refractivity contribution in [1.29, 1.82) is 0 Å². The molecule has 3 rings (SSSR count). The van der Waals surface area contributed by atoms with Crippen molar-refractivity contribution < 1.29 is 4.74 Å². The summed E-state index contributed by atoms with van der Waals surface area (Å²) in [5.41, 5.74) is 1.25. The van der Waals surface area contributed by atoms with Crippen molar-refractivity contribution in [1.82, 2.24) is 10.3 Å². The monoisotopic (exact) mass is 309 g/mol.